The standard InChI is InChI=1S/C12H14INO2/c1-14(11-6-7-16-8-11)12(15)9-2-4-10(13)5-3-9/h2-5,11H,6-8H2,1H3. The Morgan fingerprint density at radius 1 is 1.44 bits per heavy atom. The van der Waals surface area contributed by atoms with Crippen molar-refractivity contribution in [1.29, 1.82) is 0 Å². The number of halogens is 1. The number of carbonyl (C=O) groups excluding carboxylic acids is 1. The van der Waals surface area contributed by atoms with Crippen molar-refractivity contribution in [2.24, 2.45) is 0 Å². The Kier molecular flexibility index (Phi) is 3.81. The zero-order valence-corrected chi connectivity index (χ0v) is 11.3. The largest absolute Gasteiger partial charge is 0.379 e. The molecule has 0 aromatic heterocycles. The van der Waals surface area contributed by atoms with E-state index in [9.17, 15) is 4.79 Å². The second-order valence-corrected chi connectivity index (χ2v) is 5.19. The van der Waals surface area contributed by atoms with Crippen molar-refractivity contribution in [1.82, 2.24) is 4.90 Å². The first kappa shape index (κ1) is 11.9. The van der Waals surface area contributed by atoms with Gasteiger partial charge in [0.25, 0.3) is 5.91 Å². The molecular formula is C12H14INO2. The maximum atomic E-state index is 12.1. The molecule has 0 aliphatic carbocycles. The normalized spacial score (nSPS) is 19.8. The van der Waals surface area contributed by atoms with Crippen molar-refractivity contribution in [3.05, 3.63) is 33.4 Å². The average molecular weight is 331 g/mol. The van der Waals surface area contributed by atoms with E-state index in [1.807, 2.05) is 31.3 Å². The van der Waals surface area contributed by atoms with Crippen molar-refractivity contribution in [3.63, 3.8) is 0 Å². The number of ether oxygens (including phenoxy) is 1. The van der Waals surface area contributed by atoms with E-state index in [2.05, 4.69) is 22.6 Å². The predicted molar refractivity (Wildman–Crippen MR) is 70.5 cm³/mol. The van der Waals surface area contributed by atoms with Gasteiger partial charge in [0.05, 0.1) is 12.6 Å². The molecular weight excluding hydrogens is 317 g/mol. The molecule has 1 atom stereocenters. The summed E-state index contributed by atoms with van der Waals surface area (Å²) in [7, 11) is 1.85. The maximum Gasteiger partial charge on any atom is 0.253 e. The minimum Gasteiger partial charge on any atom is -0.379 e. The molecule has 0 N–H and O–H groups in total. The minimum absolute atomic E-state index is 0.0758. The number of carbonyl (C=O) groups is 1. The second-order valence-electron chi connectivity index (χ2n) is 3.94. The number of hydrogen-bond donors (Lipinski definition) is 0. The van der Waals surface area contributed by atoms with E-state index in [4.69, 9.17) is 4.74 Å². The first-order chi connectivity index (χ1) is 7.68. The van der Waals surface area contributed by atoms with Crippen LogP contribution in [0.2, 0.25) is 0 Å². The Morgan fingerprint density at radius 3 is 2.69 bits per heavy atom. The molecule has 1 aromatic rings. The van der Waals surface area contributed by atoms with E-state index in [-0.39, 0.29) is 11.9 Å². The molecule has 3 nitrogen and oxygen atoms in total. The molecule has 1 aromatic carbocycles. The maximum absolute atomic E-state index is 12.1. The van der Waals surface area contributed by atoms with E-state index >= 15 is 0 Å². The van der Waals surface area contributed by atoms with Crippen LogP contribution in [0.5, 0.6) is 0 Å². The molecule has 1 aliphatic heterocycles. The van der Waals surface area contributed by atoms with Gasteiger partial charge in [-0.25, -0.2) is 0 Å². The monoisotopic (exact) mass is 331 g/mol. The highest BCUT2D eigenvalue weighted by molar-refractivity contribution is 14.1. The van der Waals surface area contributed by atoms with Crippen LogP contribution in [-0.2, 0) is 4.74 Å². The molecule has 1 amide bonds. The number of amides is 1. The molecule has 0 radical (unpaired) electrons. The van der Waals surface area contributed by atoms with Gasteiger partial charge in [-0.3, -0.25) is 4.79 Å². The summed E-state index contributed by atoms with van der Waals surface area (Å²) < 4.78 is 6.43. The Morgan fingerprint density at radius 2 is 2.12 bits per heavy atom. The van der Waals surface area contributed by atoms with E-state index < -0.39 is 0 Å². The third-order valence-corrected chi connectivity index (χ3v) is 3.58. The lowest BCUT2D eigenvalue weighted by atomic mass is 10.1. The van der Waals surface area contributed by atoms with Crippen molar-refractivity contribution in [2.45, 2.75) is 12.5 Å². The van der Waals surface area contributed by atoms with Gasteiger partial charge in [-0.2, -0.15) is 0 Å². The topological polar surface area (TPSA) is 29.5 Å². The van der Waals surface area contributed by atoms with Crippen molar-refractivity contribution >= 4 is 28.5 Å². The van der Waals surface area contributed by atoms with E-state index in [1.54, 1.807) is 4.90 Å². The van der Waals surface area contributed by atoms with Crippen molar-refractivity contribution in [3.8, 4) is 0 Å². The van der Waals surface area contributed by atoms with Crippen LogP contribution in [0.3, 0.4) is 0 Å². The van der Waals surface area contributed by atoms with Gasteiger partial charge in [-0.1, -0.05) is 0 Å². The second kappa shape index (κ2) is 5.14. The highest BCUT2D eigenvalue weighted by atomic mass is 127. The van der Waals surface area contributed by atoms with Crippen LogP contribution in [-0.4, -0.2) is 37.1 Å². The zero-order chi connectivity index (χ0) is 11.5. The molecule has 0 saturated carbocycles. The molecule has 0 spiro atoms. The van der Waals surface area contributed by atoms with Gasteiger partial charge in [-0.15, -0.1) is 0 Å². The van der Waals surface area contributed by atoms with Crippen molar-refractivity contribution < 1.29 is 9.53 Å². The summed E-state index contributed by atoms with van der Waals surface area (Å²) in [5.41, 5.74) is 0.745. The molecule has 1 aliphatic rings. The van der Waals surface area contributed by atoms with Crippen LogP contribution in [0.4, 0.5) is 0 Å². The summed E-state index contributed by atoms with van der Waals surface area (Å²) in [6.07, 6.45) is 0.937. The Hall–Kier alpha value is -0.620. The van der Waals surface area contributed by atoms with Crippen LogP contribution < -0.4 is 0 Å². The lowest BCUT2D eigenvalue weighted by Crippen LogP contribution is -2.37. The molecule has 1 heterocycles. The summed E-state index contributed by atoms with van der Waals surface area (Å²) >= 11 is 2.23. The number of nitrogens with zero attached hydrogens (tertiary/aromatic N) is 1. The zero-order valence-electron chi connectivity index (χ0n) is 9.15. The fourth-order valence-electron chi connectivity index (χ4n) is 1.79. The van der Waals surface area contributed by atoms with Gasteiger partial charge in [-0.05, 0) is 53.3 Å². The quantitative estimate of drug-likeness (QED) is 0.778. The highest BCUT2D eigenvalue weighted by Gasteiger charge is 2.24. The predicted octanol–water partition coefficient (Wildman–Crippen LogP) is 2.15. The number of hydrogen-bond acceptors (Lipinski definition) is 2. The summed E-state index contributed by atoms with van der Waals surface area (Å²) in [6.45, 7) is 1.42. The fourth-order valence-corrected chi connectivity index (χ4v) is 2.15. The molecule has 1 unspecified atom stereocenters. The van der Waals surface area contributed by atoms with Crippen LogP contribution in [0, 0.1) is 3.57 Å². The highest BCUT2D eigenvalue weighted by Crippen LogP contribution is 2.15. The fraction of sp³-hybridized carbons (Fsp3) is 0.417. The van der Waals surface area contributed by atoms with Crippen LogP contribution in [0.15, 0.2) is 24.3 Å². The van der Waals surface area contributed by atoms with Gasteiger partial charge in [0, 0.05) is 22.8 Å². The number of likely N-dealkylation sites (N-methyl/N-ethyl adjacent to an activating group) is 1. The molecule has 86 valence electrons. The SMILES string of the molecule is CN(C(=O)c1ccc(I)cc1)C1CCOC1. The minimum atomic E-state index is 0.0758. The molecule has 2 rings (SSSR count). The smallest absolute Gasteiger partial charge is 0.253 e. The molecule has 16 heavy (non-hydrogen) atoms. The third-order valence-electron chi connectivity index (χ3n) is 2.86. The van der Waals surface area contributed by atoms with Gasteiger partial charge in [0.15, 0.2) is 0 Å². The molecule has 0 bridgehead atoms. The van der Waals surface area contributed by atoms with Gasteiger partial charge in [0.2, 0.25) is 0 Å². The van der Waals surface area contributed by atoms with E-state index in [0.717, 1.165) is 22.2 Å². The first-order valence-electron chi connectivity index (χ1n) is 5.29. The van der Waals surface area contributed by atoms with Gasteiger partial charge < -0.3 is 9.64 Å². The Labute approximate surface area is 109 Å². The Bertz CT molecular complexity index is 371. The number of rotatable bonds is 2. The molecule has 1 saturated heterocycles. The summed E-state index contributed by atoms with van der Waals surface area (Å²) in [4.78, 5) is 13.9. The molecule has 1 fully saturated rings. The lowest BCUT2D eigenvalue weighted by Gasteiger charge is -2.23. The van der Waals surface area contributed by atoms with Crippen LogP contribution >= 0.6 is 22.6 Å². The third kappa shape index (κ3) is 2.55. The van der Waals surface area contributed by atoms with E-state index in [1.165, 1.54) is 0 Å². The first-order valence-corrected chi connectivity index (χ1v) is 6.37. The van der Waals surface area contributed by atoms with Crippen LogP contribution in [0.25, 0.3) is 0 Å². The van der Waals surface area contributed by atoms with Crippen molar-refractivity contribution in [2.75, 3.05) is 20.3 Å². The van der Waals surface area contributed by atoms with Gasteiger partial charge >= 0.3 is 0 Å². The molecule has 4 heteroatoms. The summed E-state index contributed by atoms with van der Waals surface area (Å²) in [5, 5.41) is 0. The number of benzene rings is 1. The summed E-state index contributed by atoms with van der Waals surface area (Å²) in [5.74, 6) is 0.0758. The summed E-state index contributed by atoms with van der Waals surface area (Å²) in [6, 6.07) is 7.87. The Balaban J connectivity index is 2.08. The average Bonchev–Trinajstić information content (AvgIpc) is 2.81. The van der Waals surface area contributed by atoms with Gasteiger partial charge in [0.1, 0.15) is 0 Å². The lowest BCUT2D eigenvalue weighted by molar-refractivity contribution is 0.0711. The van der Waals surface area contributed by atoms with E-state index in [0.29, 0.717) is 6.61 Å². The van der Waals surface area contributed by atoms with Crippen LogP contribution in [0.1, 0.15) is 16.8 Å².